The van der Waals surface area contributed by atoms with E-state index in [4.69, 9.17) is 14.2 Å². The van der Waals surface area contributed by atoms with E-state index in [-0.39, 0.29) is 25.3 Å². The lowest BCUT2D eigenvalue weighted by Crippen LogP contribution is -2.45. The minimum absolute atomic E-state index is 0.176. The Morgan fingerprint density at radius 1 is 1.23 bits per heavy atom. The number of aromatic amines is 1. The Labute approximate surface area is 203 Å². The molecule has 1 aliphatic rings. The third-order valence-corrected chi connectivity index (χ3v) is 5.14. The Kier molecular flexibility index (Phi) is 6.90. The zero-order valence-electron chi connectivity index (χ0n) is 20.3. The number of carbonyl (C=O) groups excluding carboxylic acids is 2. The van der Waals surface area contributed by atoms with Gasteiger partial charge in [0, 0.05) is 31.4 Å². The fraction of sp³-hybridized carbons (Fsp3) is 0.360. The van der Waals surface area contributed by atoms with Gasteiger partial charge in [0.15, 0.2) is 17.7 Å². The summed E-state index contributed by atoms with van der Waals surface area (Å²) >= 11 is 0. The summed E-state index contributed by atoms with van der Waals surface area (Å²) in [6.45, 7) is 7.98. The number of alkyl carbamates (subject to hydrolysis) is 1. The molecule has 2 amide bonds. The molecular weight excluding hydrogens is 450 g/mol. The van der Waals surface area contributed by atoms with E-state index in [0.717, 1.165) is 5.56 Å². The number of carbonyl (C=O) groups is 2. The molecule has 1 unspecified atom stereocenters. The minimum atomic E-state index is -0.615. The number of fused-ring (bicyclic) bond motifs is 1. The van der Waals surface area contributed by atoms with Crippen LogP contribution in [0.5, 0.6) is 11.5 Å². The molecule has 0 spiro atoms. The van der Waals surface area contributed by atoms with Gasteiger partial charge in [-0.3, -0.25) is 4.79 Å². The summed E-state index contributed by atoms with van der Waals surface area (Å²) in [4.78, 5) is 31.8. The van der Waals surface area contributed by atoms with Crippen molar-refractivity contribution in [3.63, 3.8) is 0 Å². The second kappa shape index (κ2) is 10.0. The number of hydrogen-bond acceptors (Lipinski definition) is 6. The highest BCUT2D eigenvalue weighted by atomic mass is 16.7. The number of nitrogens with one attached hydrogen (secondary N) is 2. The molecule has 0 aliphatic carbocycles. The highest BCUT2D eigenvalue weighted by Crippen LogP contribution is 2.33. The Morgan fingerprint density at radius 3 is 2.71 bits per heavy atom. The molecule has 0 fully saturated rings. The van der Waals surface area contributed by atoms with Crippen molar-refractivity contribution in [2.45, 2.75) is 45.9 Å². The Bertz CT molecular complexity index is 1170. The van der Waals surface area contributed by atoms with E-state index >= 15 is 0 Å². The molecule has 2 aromatic heterocycles. The van der Waals surface area contributed by atoms with Gasteiger partial charge in [-0.1, -0.05) is 6.07 Å². The third-order valence-electron chi connectivity index (χ3n) is 5.14. The summed E-state index contributed by atoms with van der Waals surface area (Å²) in [5.74, 6) is 1.77. The summed E-state index contributed by atoms with van der Waals surface area (Å²) in [6.07, 6.45) is 4.63. The molecule has 0 saturated carbocycles. The maximum Gasteiger partial charge on any atom is 0.407 e. The molecule has 0 saturated heterocycles. The average molecular weight is 481 g/mol. The number of pyridine rings is 1. The number of H-pyrrole nitrogens is 1. The van der Waals surface area contributed by atoms with Gasteiger partial charge in [0.2, 0.25) is 6.79 Å². The van der Waals surface area contributed by atoms with Gasteiger partial charge in [0.05, 0.1) is 5.56 Å². The summed E-state index contributed by atoms with van der Waals surface area (Å²) in [6, 6.07) is 10.6. The van der Waals surface area contributed by atoms with Crippen LogP contribution in [0.3, 0.4) is 0 Å². The van der Waals surface area contributed by atoms with Gasteiger partial charge in [-0.2, -0.15) is 0 Å². The van der Waals surface area contributed by atoms with Gasteiger partial charge in [-0.15, -0.1) is 4.68 Å². The number of benzene rings is 1. The highest BCUT2D eigenvalue weighted by Gasteiger charge is 2.24. The third kappa shape index (κ3) is 6.28. The lowest BCUT2D eigenvalue weighted by atomic mass is 10.1. The van der Waals surface area contributed by atoms with Crippen molar-refractivity contribution in [1.29, 1.82) is 0 Å². The minimum Gasteiger partial charge on any atom is -0.454 e. The second-order valence-electron chi connectivity index (χ2n) is 9.33. The molecule has 0 radical (unpaired) electrons. The quantitative estimate of drug-likeness (QED) is 0.503. The van der Waals surface area contributed by atoms with Crippen molar-refractivity contribution in [2.75, 3.05) is 13.3 Å². The number of rotatable bonds is 7. The number of nitrogens with zero attached hydrogens (tertiary/aromatic N) is 3. The van der Waals surface area contributed by atoms with E-state index in [2.05, 4.69) is 15.4 Å². The maximum absolute atomic E-state index is 13.5. The zero-order chi connectivity index (χ0) is 25.0. The van der Waals surface area contributed by atoms with E-state index in [1.165, 1.54) is 0 Å². The lowest BCUT2D eigenvalue weighted by molar-refractivity contribution is -0.658. The fourth-order valence-electron chi connectivity index (χ4n) is 3.64. The molecule has 1 atom stereocenters. The molecule has 0 bridgehead atoms. The first-order chi connectivity index (χ1) is 16.7. The number of ether oxygens (including phenoxy) is 3. The van der Waals surface area contributed by atoms with Gasteiger partial charge in [0.25, 0.3) is 5.91 Å². The summed E-state index contributed by atoms with van der Waals surface area (Å²) in [7, 11) is 0. The molecule has 3 aromatic rings. The first-order valence-electron chi connectivity index (χ1n) is 11.4. The fourth-order valence-corrected chi connectivity index (χ4v) is 3.64. The average Bonchev–Trinajstić information content (AvgIpc) is 3.49. The van der Waals surface area contributed by atoms with Gasteiger partial charge in [0.1, 0.15) is 11.8 Å². The van der Waals surface area contributed by atoms with E-state index in [1.54, 1.807) is 54.9 Å². The van der Waals surface area contributed by atoms with E-state index in [9.17, 15) is 9.59 Å². The van der Waals surface area contributed by atoms with Crippen LogP contribution in [-0.4, -0.2) is 52.0 Å². The van der Waals surface area contributed by atoms with Crippen LogP contribution in [-0.2, 0) is 11.3 Å². The van der Waals surface area contributed by atoms with Crippen LogP contribution >= 0.6 is 0 Å². The van der Waals surface area contributed by atoms with Gasteiger partial charge in [-0.25, -0.2) is 9.89 Å². The molecule has 184 valence electrons. The number of amides is 2. The van der Waals surface area contributed by atoms with Crippen LogP contribution < -0.4 is 19.5 Å². The van der Waals surface area contributed by atoms with Crippen molar-refractivity contribution in [1.82, 2.24) is 20.3 Å². The summed E-state index contributed by atoms with van der Waals surface area (Å²) in [5.41, 5.74) is 0.695. The van der Waals surface area contributed by atoms with Gasteiger partial charge < -0.3 is 24.4 Å². The lowest BCUT2D eigenvalue weighted by Gasteiger charge is -2.27. The molecule has 1 aromatic carbocycles. The Balaban J connectivity index is 1.52. The summed E-state index contributed by atoms with van der Waals surface area (Å²) in [5, 5.41) is 5.83. The Morgan fingerprint density at radius 2 is 2.03 bits per heavy atom. The number of hydrogen-bond donors (Lipinski definition) is 2. The first kappa shape index (κ1) is 24.1. The van der Waals surface area contributed by atoms with Crippen LogP contribution in [0, 0.1) is 0 Å². The largest absolute Gasteiger partial charge is 0.454 e. The van der Waals surface area contributed by atoms with Crippen molar-refractivity contribution in [2.24, 2.45) is 0 Å². The smallest absolute Gasteiger partial charge is 0.407 e. The van der Waals surface area contributed by atoms with Crippen molar-refractivity contribution < 1.29 is 28.5 Å². The SMILES string of the molecule is CC(CN(Cc1ccc2c(c1)OCO2)C(=O)c1ccc(-[n+]2ccc[nH]2)nc1)NC(=O)OC(C)(C)C. The maximum atomic E-state index is 13.5. The highest BCUT2D eigenvalue weighted by molar-refractivity contribution is 5.94. The van der Waals surface area contributed by atoms with Crippen molar-refractivity contribution >= 4 is 12.0 Å². The topological polar surface area (TPSA) is 110 Å². The molecule has 35 heavy (non-hydrogen) atoms. The normalized spacial score (nSPS) is 13.3. The summed E-state index contributed by atoms with van der Waals surface area (Å²) < 4.78 is 18.0. The van der Waals surface area contributed by atoms with E-state index in [0.29, 0.717) is 29.4 Å². The molecule has 10 nitrogen and oxygen atoms in total. The van der Waals surface area contributed by atoms with Crippen LogP contribution in [0.25, 0.3) is 5.82 Å². The molecule has 4 rings (SSSR count). The van der Waals surface area contributed by atoms with Crippen LogP contribution in [0.4, 0.5) is 4.79 Å². The van der Waals surface area contributed by atoms with Gasteiger partial charge >= 0.3 is 11.9 Å². The first-order valence-corrected chi connectivity index (χ1v) is 11.4. The van der Waals surface area contributed by atoms with E-state index in [1.807, 2.05) is 37.4 Å². The molecule has 10 heteroatoms. The predicted molar refractivity (Wildman–Crippen MR) is 126 cm³/mol. The van der Waals surface area contributed by atoms with Crippen LogP contribution in [0.15, 0.2) is 55.0 Å². The van der Waals surface area contributed by atoms with Crippen LogP contribution in [0.2, 0.25) is 0 Å². The zero-order valence-corrected chi connectivity index (χ0v) is 20.3. The van der Waals surface area contributed by atoms with Crippen molar-refractivity contribution in [3.8, 4) is 17.3 Å². The van der Waals surface area contributed by atoms with Gasteiger partial charge in [-0.05, 0) is 62.5 Å². The standard InChI is InChI=1S/C25H29N5O5/c1-17(28-24(32)35-25(2,3)4)14-29(15-18-6-8-20-21(12-18)34-16-33-20)23(31)19-7-9-22(26-13-19)30-11-5-10-27-30/h5-13,17H,14-16H2,1-4H3,(H,28,32)/p+1. The molecule has 3 heterocycles. The second-order valence-corrected chi connectivity index (χ2v) is 9.33. The molecular formula is C25H30N5O5+. The van der Waals surface area contributed by atoms with Crippen molar-refractivity contribution in [3.05, 3.63) is 66.1 Å². The molecule has 2 N–H and O–H groups in total. The predicted octanol–water partition coefficient (Wildman–Crippen LogP) is 2.97. The van der Waals surface area contributed by atoms with Crippen LogP contribution in [0.1, 0.15) is 43.6 Å². The monoisotopic (exact) mass is 480 g/mol. The van der Waals surface area contributed by atoms with E-state index < -0.39 is 11.7 Å². The molecule has 1 aliphatic heterocycles. The number of aromatic nitrogens is 3. The Hall–Kier alpha value is -4.08.